The second kappa shape index (κ2) is 14.3. The van der Waals surface area contributed by atoms with Crippen LogP contribution < -0.4 is 0 Å². The monoisotopic (exact) mass is 608 g/mol. The Morgan fingerprint density at radius 3 is 1.77 bits per heavy atom. The standard InChI is InChI=1S/C28H42Cl2O10/c29-22-9-14(2-7-24(22)39-28(37)19-6-5-18(32)12-21(19)27(35)36)15-3-8-25(23(30)10-15)40-38-13-16-1-4-17(31)11-20(16)26(33)34/h14-25,31-32H,1-13H2,(H,33,34)(H,35,36). The third kappa shape index (κ3) is 8.01. The summed E-state index contributed by atoms with van der Waals surface area (Å²) in [5, 5.41) is 37.9. The van der Waals surface area contributed by atoms with E-state index in [0.29, 0.717) is 50.4 Å². The maximum Gasteiger partial charge on any atom is 0.310 e. The van der Waals surface area contributed by atoms with E-state index in [4.69, 9.17) is 37.7 Å². The molecule has 12 heteroatoms. The summed E-state index contributed by atoms with van der Waals surface area (Å²) in [6.07, 6.45) is 4.42. The van der Waals surface area contributed by atoms with Crippen molar-refractivity contribution in [2.75, 3.05) is 6.61 Å². The number of ether oxygens (including phenoxy) is 1. The van der Waals surface area contributed by atoms with Gasteiger partial charge in [-0.15, -0.1) is 23.2 Å². The lowest BCUT2D eigenvalue weighted by atomic mass is 9.72. The largest absolute Gasteiger partial charge is 0.481 e. The lowest BCUT2D eigenvalue weighted by Gasteiger charge is -2.41. The van der Waals surface area contributed by atoms with Gasteiger partial charge >= 0.3 is 17.9 Å². The molecule has 0 bridgehead atoms. The number of hydrogen-bond donors (Lipinski definition) is 4. The summed E-state index contributed by atoms with van der Waals surface area (Å²) in [5.74, 6) is -4.47. The molecule has 228 valence electrons. The molecule has 12 atom stereocenters. The lowest BCUT2D eigenvalue weighted by molar-refractivity contribution is -0.337. The third-order valence-electron chi connectivity index (χ3n) is 9.64. The van der Waals surface area contributed by atoms with E-state index < -0.39 is 54.0 Å². The fourth-order valence-corrected chi connectivity index (χ4v) is 8.00. The number of halogens is 2. The summed E-state index contributed by atoms with van der Waals surface area (Å²) in [7, 11) is 0. The fraction of sp³-hybridized carbons (Fsp3) is 0.893. The van der Waals surface area contributed by atoms with Gasteiger partial charge in [0.2, 0.25) is 0 Å². The van der Waals surface area contributed by atoms with Crippen molar-refractivity contribution in [3.05, 3.63) is 0 Å². The number of aliphatic hydroxyl groups excluding tert-OH is 2. The molecule has 0 aliphatic heterocycles. The molecular formula is C28H42Cl2O10. The summed E-state index contributed by atoms with van der Waals surface area (Å²) >= 11 is 13.4. The number of carboxylic acid groups (broad SMARTS) is 2. The van der Waals surface area contributed by atoms with Gasteiger partial charge in [-0.25, -0.2) is 9.78 Å². The predicted molar refractivity (Wildman–Crippen MR) is 144 cm³/mol. The van der Waals surface area contributed by atoms with Crippen molar-refractivity contribution < 1.29 is 49.3 Å². The van der Waals surface area contributed by atoms with E-state index in [-0.39, 0.29) is 48.6 Å². The molecule has 4 fully saturated rings. The van der Waals surface area contributed by atoms with Crippen LogP contribution in [0.1, 0.15) is 77.0 Å². The van der Waals surface area contributed by atoms with Gasteiger partial charge in [-0.3, -0.25) is 14.4 Å². The zero-order valence-corrected chi connectivity index (χ0v) is 24.1. The van der Waals surface area contributed by atoms with E-state index in [2.05, 4.69) is 0 Å². The Hall–Kier alpha value is -1.17. The summed E-state index contributed by atoms with van der Waals surface area (Å²) in [4.78, 5) is 47.1. The fourth-order valence-electron chi connectivity index (χ4n) is 7.20. The van der Waals surface area contributed by atoms with Gasteiger partial charge in [0.15, 0.2) is 0 Å². The van der Waals surface area contributed by atoms with Crippen molar-refractivity contribution in [2.24, 2.45) is 35.5 Å². The van der Waals surface area contributed by atoms with Crippen LogP contribution in [0.3, 0.4) is 0 Å². The lowest BCUT2D eigenvalue weighted by Crippen LogP contribution is -2.43. The molecule has 0 aromatic heterocycles. The minimum atomic E-state index is -1.09. The molecule has 12 unspecified atom stereocenters. The van der Waals surface area contributed by atoms with Gasteiger partial charge in [-0.05, 0) is 94.8 Å². The van der Waals surface area contributed by atoms with Crippen molar-refractivity contribution in [1.29, 1.82) is 0 Å². The maximum absolute atomic E-state index is 12.8. The molecule has 10 nitrogen and oxygen atoms in total. The molecule has 4 rings (SSSR count). The molecular weight excluding hydrogens is 567 g/mol. The van der Waals surface area contributed by atoms with Crippen LogP contribution in [0.5, 0.6) is 0 Å². The van der Waals surface area contributed by atoms with Crippen molar-refractivity contribution in [3.8, 4) is 0 Å². The van der Waals surface area contributed by atoms with Crippen molar-refractivity contribution in [3.63, 3.8) is 0 Å². The number of aliphatic carboxylic acids is 2. The molecule has 4 saturated carbocycles. The average Bonchev–Trinajstić information content (AvgIpc) is 2.91. The van der Waals surface area contributed by atoms with Crippen molar-refractivity contribution in [2.45, 2.75) is 112 Å². The van der Waals surface area contributed by atoms with Gasteiger partial charge in [0.05, 0.1) is 47.3 Å². The van der Waals surface area contributed by atoms with Gasteiger partial charge in [-0.2, -0.15) is 0 Å². The number of carboxylic acids is 2. The van der Waals surface area contributed by atoms with E-state index in [1.807, 2.05) is 0 Å². The molecule has 0 aromatic carbocycles. The van der Waals surface area contributed by atoms with E-state index in [0.717, 1.165) is 19.3 Å². The number of carbonyl (C=O) groups excluding carboxylic acids is 1. The zero-order chi connectivity index (χ0) is 29.0. The highest BCUT2D eigenvalue weighted by Crippen LogP contribution is 2.43. The highest BCUT2D eigenvalue weighted by Gasteiger charge is 2.44. The smallest absolute Gasteiger partial charge is 0.310 e. The first-order valence-corrected chi connectivity index (χ1v) is 15.5. The molecule has 0 amide bonds. The van der Waals surface area contributed by atoms with Crippen LogP contribution >= 0.6 is 23.2 Å². The minimum absolute atomic E-state index is 0.0523. The molecule has 4 aliphatic carbocycles. The second-order valence-corrected chi connectivity index (χ2v) is 13.4. The minimum Gasteiger partial charge on any atom is -0.481 e. The molecule has 4 N–H and O–H groups in total. The third-order valence-corrected chi connectivity index (χ3v) is 10.6. The first kappa shape index (κ1) is 31.8. The quantitative estimate of drug-likeness (QED) is 0.131. The number of hydrogen-bond acceptors (Lipinski definition) is 8. The molecule has 0 spiro atoms. The SMILES string of the molecule is O=C(O)C1CC(O)CCC1COOC1CCC(C2CCC(OC(=O)C3CCC(O)CC3C(=O)O)C(Cl)C2)CC1Cl. The zero-order valence-electron chi connectivity index (χ0n) is 22.6. The Morgan fingerprint density at radius 2 is 1.20 bits per heavy atom. The van der Waals surface area contributed by atoms with Crippen LogP contribution in [0.15, 0.2) is 0 Å². The van der Waals surface area contributed by atoms with Crippen LogP contribution in [0, 0.1) is 35.5 Å². The Balaban J connectivity index is 1.19. The van der Waals surface area contributed by atoms with Gasteiger partial charge in [0.25, 0.3) is 0 Å². The Kier molecular flexibility index (Phi) is 11.4. The first-order chi connectivity index (χ1) is 19.0. The van der Waals surface area contributed by atoms with Crippen LogP contribution in [0.25, 0.3) is 0 Å². The Morgan fingerprint density at radius 1 is 0.650 bits per heavy atom. The molecule has 4 aliphatic rings. The number of esters is 1. The summed E-state index contributed by atoms with van der Waals surface area (Å²) < 4.78 is 5.73. The summed E-state index contributed by atoms with van der Waals surface area (Å²) in [6.45, 7) is 0.151. The summed E-state index contributed by atoms with van der Waals surface area (Å²) in [6, 6.07) is 0. The summed E-state index contributed by atoms with van der Waals surface area (Å²) in [5.41, 5.74) is 0. The average molecular weight is 610 g/mol. The molecule has 40 heavy (non-hydrogen) atoms. The highest BCUT2D eigenvalue weighted by molar-refractivity contribution is 6.21. The topological polar surface area (TPSA) is 160 Å². The van der Waals surface area contributed by atoms with Crippen LogP contribution in [0.2, 0.25) is 0 Å². The number of carbonyl (C=O) groups is 3. The Labute approximate surface area is 244 Å². The van der Waals surface area contributed by atoms with E-state index in [1.54, 1.807) is 0 Å². The highest BCUT2D eigenvalue weighted by atomic mass is 35.5. The van der Waals surface area contributed by atoms with Crippen molar-refractivity contribution in [1.82, 2.24) is 0 Å². The van der Waals surface area contributed by atoms with Crippen LogP contribution in [-0.2, 0) is 28.9 Å². The van der Waals surface area contributed by atoms with Gasteiger partial charge < -0.3 is 25.2 Å². The van der Waals surface area contributed by atoms with Crippen LogP contribution in [-0.4, -0.2) is 80.1 Å². The van der Waals surface area contributed by atoms with E-state index in [9.17, 15) is 34.8 Å². The Bertz CT molecular complexity index is 889. The number of alkyl halides is 2. The predicted octanol–water partition coefficient (Wildman–Crippen LogP) is 3.75. The van der Waals surface area contributed by atoms with E-state index in [1.165, 1.54) is 0 Å². The molecule has 0 saturated heterocycles. The van der Waals surface area contributed by atoms with Gasteiger partial charge in [0, 0.05) is 0 Å². The number of rotatable bonds is 9. The molecule has 0 heterocycles. The van der Waals surface area contributed by atoms with Crippen LogP contribution in [0.4, 0.5) is 0 Å². The van der Waals surface area contributed by atoms with Gasteiger partial charge in [0.1, 0.15) is 12.2 Å². The van der Waals surface area contributed by atoms with Gasteiger partial charge in [-0.1, -0.05) is 0 Å². The second-order valence-electron chi connectivity index (χ2n) is 12.3. The number of aliphatic hydroxyl groups is 2. The first-order valence-electron chi connectivity index (χ1n) is 14.6. The molecule has 0 radical (unpaired) electrons. The molecule has 0 aromatic rings. The van der Waals surface area contributed by atoms with E-state index >= 15 is 0 Å². The normalized spacial score (nSPS) is 42.6. The van der Waals surface area contributed by atoms with Crippen molar-refractivity contribution >= 4 is 41.1 Å². The maximum atomic E-state index is 12.8.